The molecular formula is C19H16ClN3O2. The van der Waals surface area contributed by atoms with Crippen molar-refractivity contribution in [3.63, 3.8) is 0 Å². The smallest absolute Gasteiger partial charge is 0.258 e. The van der Waals surface area contributed by atoms with Crippen molar-refractivity contribution in [2.75, 3.05) is 11.4 Å². The van der Waals surface area contributed by atoms with E-state index in [0.29, 0.717) is 29.7 Å². The summed E-state index contributed by atoms with van der Waals surface area (Å²) in [5.41, 5.74) is 2.82. The Morgan fingerprint density at radius 1 is 1.16 bits per heavy atom. The molecule has 126 valence electrons. The van der Waals surface area contributed by atoms with Gasteiger partial charge >= 0.3 is 0 Å². The Morgan fingerprint density at radius 3 is 2.68 bits per heavy atom. The third-order valence-corrected chi connectivity index (χ3v) is 4.70. The van der Waals surface area contributed by atoms with E-state index < -0.39 is 0 Å². The molecule has 0 aliphatic carbocycles. The van der Waals surface area contributed by atoms with Crippen molar-refractivity contribution in [1.29, 1.82) is 0 Å². The Balaban J connectivity index is 1.57. The lowest BCUT2D eigenvalue weighted by molar-refractivity contribution is -0.117. The largest absolute Gasteiger partial charge is 0.334 e. The fourth-order valence-electron chi connectivity index (χ4n) is 3.07. The SMILES string of the molecule is Cc1ccccc1-c1nc([C@H]2CC(=O)N(c3ccc(Cl)cc3)C2)no1. The molecule has 1 aliphatic heterocycles. The van der Waals surface area contributed by atoms with Crippen LogP contribution in [0.2, 0.25) is 5.02 Å². The molecule has 1 aliphatic rings. The maximum atomic E-state index is 12.4. The van der Waals surface area contributed by atoms with Crippen LogP contribution in [0.25, 0.3) is 11.5 Å². The van der Waals surface area contributed by atoms with E-state index in [2.05, 4.69) is 10.1 Å². The average Bonchev–Trinajstić information content (AvgIpc) is 3.23. The van der Waals surface area contributed by atoms with Crippen LogP contribution in [0, 0.1) is 6.92 Å². The van der Waals surface area contributed by atoms with E-state index in [9.17, 15) is 4.79 Å². The predicted molar refractivity (Wildman–Crippen MR) is 95.6 cm³/mol. The second-order valence-electron chi connectivity index (χ2n) is 6.15. The lowest BCUT2D eigenvalue weighted by atomic mass is 10.1. The van der Waals surface area contributed by atoms with E-state index in [4.69, 9.17) is 16.1 Å². The molecule has 25 heavy (non-hydrogen) atoms. The molecule has 0 bridgehead atoms. The molecule has 4 rings (SSSR count). The number of nitrogens with zero attached hydrogens (tertiary/aromatic N) is 3. The third kappa shape index (κ3) is 3.03. The van der Waals surface area contributed by atoms with Crippen LogP contribution in [0.4, 0.5) is 5.69 Å². The number of hydrogen-bond acceptors (Lipinski definition) is 4. The van der Waals surface area contributed by atoms with Gasteiger partial charge in [-0.2, -0.15) is 4.98 Å². The van der Waals surface area contributed by atoms with Gasteiger partial charge in [-0.3, -0.25) is 4.79 Å². The topological polar surface area (TPSA) is 59.2 Å². The Bertz CT molecular complexity index is 920. The number of carbonyl (C=O) groups is 1. The van der Waals surface area contributed by atoms with Crippen LogP contribution in [0.5, 0.6) is 0 Å². The molecule has 1 fully saturated rings. The number of hydrogen-bond donors (Lipinski definition) is 0. The molecule has 1 saturated heterocycles. The summed E-state index contributed by atoms with van der Waals surface area (Å²) in [5.74, 6) is 1.04. The third-order valence-electron chi connectivity index (χ3n) is 4.45. The summed E-state index contributed by atoms with van der Waals surface area (Å²) in [5, 5.41) is 4.75. The van der Waals surface area contributed by atoms with Crippen molar-refractivity contribution in [3.8, 4) is 11.5 Å². The van der Waals surface area contributed by atoms with Gasteiger partial charge < -0.3 is 9.42 Å². The molecule has 2 aromatic carbocycles. The second kappa shape index (κ2) is 6.33. The van der Waals surface area contributed by atoms with Gasteiger partial charge in [0, 0.05) is 35.2 Å². The number of aromatic nitrogens is 2. The zero-order valence-electron chi connectivity index (χ0n) is 13.6. The maximum absolute atomic E-state index is 12.4. The van der Waals surface area contributed by atoms with Crippen LogP contribution >= 0.6 is 11.6 Å². The molecule has 0 radical (unpaired) electrons. The first-order valence-electron chi connectivity index (χ1n) is 8.07. The summed E-state index contributed by atoms with van der Waals surface area (Å²) in [4.78, 5) is 18.6. The molecule has 3 aromatic rings. The summed E-state index contributed by atoms with van der Waals surface area (Å²) >= 11 is 5.92. The number of benzene rings is 2. The maximum Gasteiger partial charge on any atom is 0.258 e. The van der Waals surface area contributed by atoms with E-state index in [1.165, 1.54) is 0 Å². The van der Waals surface area contributed by atoms with Gasteiger partial charge in [0.05, 0.1) is 0 Å². The van der Waals surface area contributed by atoms with Gasteiger partial charge in [-0.25, -0.2) is 0 Å². The lowest BCUT2D eigenvalue weighted by Gasteiger charge is -2.16. The van der Waals surface area contributed by atoms with Gasteiger partial charge in [0.1, 0.15) is 0 Å². The first kappa shape index (κ1) is 15.8. The van der Waals surface area contributed by atoms with Gasteiger partial charge in [0.25, 0.3) is 5.89 Å². The van der Waals surface area contributed by atoms with Crippen molar-refractivity contribution in [1.82, 2.24) is 10.1 Å². The Kier molecular flexibility index (Phi) is 4.01. The minimum atomic E-state index is -0.0790. The van der Waals surface area contributed by atoms with Crippen molar-refractivity contribution in [3.05, 3.63) is 64.9 Å². The van der Waals surface area contributed by atoms with Crippen LogP contribution in [-0.4, -0.2) is 22.6 Å². The van der Waals surface area contributed by atoms with Gasteiger partial charge in [-0.05, 0) is 42.8 Å². The van der Waals surface area contributed by atoms with E-state index in [1.54, 1.807) is 17.0 Å². The van der Waals surface area contributed by atoms with Crippen molar-refractivity contribution >= 4 is 23.2 Å². The fourth-order valence-corrected chi connectivity index (χ4v) is 3.20. The number of anilines is 1. The minimum Gasteiger partial charge on any atom is -0.334 e. The fraction of sp³-hybridized carbons (Fsp3) is 0.211. The summed E-state index contributed by atoms with van der Waals surface area (Å²) in [6, 6.07) is 15.1. The standard InChI is InChI=1S/C19H16ClN3O2/c1-12-4-2-3-5-16(12)19-21-18(22-25-19)13-10-17(24)23(11-13)15-8-6-14(20)7-9-15/h2-9,13H,10-11H2,1H3/t13-/m0/s1. The number of halogens is 1. The Labute approximate surface area is 150 Å². The Hall–Kier alpha value is -2.66. The Morgan fingerprint density at radius 2 is 1.92 bits per heavy atom. The normalized spacial score (nSPS) is 17.3. The van der Waals surface area contributed by atoms with Crippen molar-refractivity contribution < 1.29 is 9.32 Å². The van der Waals surface area contributed by atoms with Crippen molar-refractivity contribution in [2.24, 2.45) is 0 Å². The molecule has 2 heterocycles. The molecular weight excluding hydrogens is 338 g/mol. The first-order valence-corrected chi connectivity index (χ1v) is 8.45. The highest BCUT2D eigenvalue weighted by Crippen LogP contribution is 2.32. The molecule has 1 amide bonds. The van der Waals surface area contributed by atoms with Gasteiger partial charge in [-0.15, -0.1) is 0 Å². The molecule has 0 spiro atoms. The highest BCUT2D eigenvalue weighted by molar-refractivity contribution is 6.30. The number of amides is 1. The van der Waals surface area contributed by atoms with E-state index >= 15 is 0 Å². The van der Waals surface area contributed by atoms with Gasteiger partial charge in [0.15, 0.2) is 5.82 Å². The monoisotopic (exact) mass is 353 g/mol. The number of carbonyl (C=O) groups excluding carboxylic acids is 1. The highest BCUT2D eigenvalue weighted by Gasteiger charge is 2.34. The summed E-state index contributed by atoms with van der Waals surface area (Å²) < 4.78 is 5.43. The minimum absolute atomic E-state index is 0.0505. The number of aryl methyl sites for hydroxylation is 1. The number of rotatable bonds is 3. The molecule has 5 nitrogen and oxygen atoms in total. The predicted octanol–water partition coefficient (Wildman–Crippen LogP) is 4.22. The quantitative estimate of drug-likeness (QED) is 0.707. The molecule has 1 atom stereocenters. The zero-order valence-corrected chi connectivity index (χ0v) is 14.4. The van der Waals surface area contributed by atoms with Crippen LogP contribution in [0.3, 0.4) is 0 Å². The van der Waals surface area contributed by atoms with Crippen LogP contribution in [0.1, 0.15) is 23.7 Å². The van der Waals surface area contributed by atoms with E-state index in [0.717, 1.165) is 16.8 Å². The van der Waals surface area contributed by atoms with Crippen molar-refractivity contribution in [2.45, 2.75) is 19.3 Å². The zero-order chi connectivity index (χ0) is 17.4. The van der Waals surface area contributed by atoms with Gasteiger partial charge in [0.2, 0.25) is 5.91 Å². The molecule has 0 unspecified atom stereocenters. The van der Waals surface area contributed by atoms with Crippen LogP contribution < -0.4 is 4.90 Å². The van der Waals surface area contributed by atoms with E-state index in [-0.39, 0.29) is 11.8 Å². The summed E-state index contributed by atoms with van der Waals surface area (Å²) in [6.07, 6.45) is 0.370. The summed E-state index contributed by atoms with van der Waals surface area (Å²) in [7, 11) is 0. The molecule has 0 N–H and O–H groups in total. The van der Waals surface area contributed by atoms with Crippen LogP contribution in [0.15, 0.2) is 53.1 Å². The van der Waals surface area contributed by atoms with E-state index in [1.807, 2.05) is 43.3 Å². The second-order valence-corrected chi connectivity index (χ2v) is 6.59. The molecule has 0 saturated carbocycles. The summed E-state index contributed by atoms with van der Waals surface area (Å²) in [6.45, 7) is 2.54. The lowest BCUT2D eigenvalue weighted by Crippen LogP contribution is -2.24. The average molecular weight is 354 g/mol. The molecule has 6 heteroatoms. The molecule has 1 aromatic heterocycles. The van der Waals surface area contributed by atoms with Gasteiger partial charge in [-0.1, -0.05) is 35.0 Å². The highest BCUT2D eigenvalue weighted by atomic mass is 35.5. The van der Waals surface area contributed by atoms with Crippen LogP contribution in [-0.2, 0) is 4.79 Å². The first-order chi connectivity index (χ1) is 12.1.